The van der Waals surface area contributed by atoms with Crippen LogP contribution in [0.5, 0.6) is 0 Å². The quantitative estimate of drug-likeness (QED) is 0.188. The van der Waals surface area contributed by atoms with Crippen LogP contribution < -0.4 is 11.6 Å². The lowest BCUT2D eigenvalue weighted by Gasteiger charge is -2.38. The van der Waals surface area contributed by atoms with Gasteiger partial charge in [-0.3, -0.25) is 14.4 Å². The van der Waals surface area contributed by atoms with Crippen LogP contribution >= 0.6 is 12.6 Å². The van der Waals surface area contributed by atoms with Crippen molar-refractivity contribution in [3.05, 3.63) is 12.7 Å². The van der Waals surface area contributed by atoms with Gasteiger partial charge < -0.3 is 15.5 Å². The summed E-state index contributed by atoms with van der Waals surface area (Å²) in [7, 11) is 0. The van der Waals surface area contributed by atoms with Crippen LogP contribution in [0.3, 0.4) is 0 Å². The number of nitrogens with zero attached hydrogens (tertiary/aromatic N) is 1. The third-order valence-corrected chi connectivity index (χ3v) is 4.16. The summed E-state index contributed by atoms with van der Waals surface area (Å²) in [5.41, 5.74) is 3.27. The number of hydrogen-bond donors (Lipinski definition) is 3. The van der Waals surface area contributed by atoms with Crippen molar-refractivity contribution in [3.63, 3.8) is 0 Å². The molecule has 0 aromatic heterocycles. The fourth-order valence-corrected chi connectivity index (χ4v) is 2.77. The van der Waals surface area contributed by atoms with Gasteiger partial charge in [0.1, 0.15) is 0 Å². The molecule has 1 aliphatic rings. The molecule has 0 spiro atoms. The van der Waals surface area contributed by atoms with Crippen LogP contribution in [0.2, 0.25) is 0 Å². The molecule has 0 aliphatic heterocycles. The molecular formula is C14H21N3O5S. The molecule has 0 aromatic carbocycles. The van der Waals surface area contributed by atoms with Crippen molar-refractivity contribution in [2.45, 2.75) is 37.3 Å². The SMILES string of the molecule is C=CCN(C(=O)[C@@H](N)CS)C1(C(=O)ON)C(=O)CCCCC1=O. The summed E-state index contributed by atoms with van der Waals surface area (Å²) in [4.78, 5) is 55.1. The van der Waals surface area contributed by atoms with E-state index in [0.29, 0.717) is 12.8 Å². The fraction of sp³-hybridized carbons (Fsp3) is 0.571. The van der Waals surface area contributed by atoms with E-state index in [9.17, 15) is 19.2 Å². The second-order valence-electron chi connectivity index (χ2n) is 5.20. The monoisotopic (exact) mass is 343 g/mol. The maximum absolute atomic E-state index is 12.6. The molecule has 4 N–H and O–H groups in total. The van der Waals surface area contributed by atoms with Gasteiger partial charge in [-0.05, 0) is 12.8 Å². The molecule has 0 aromatic rings. The molecule has 128 valence electrons. The number of thiol groups is 1. The van der Waals surface area contributed by atoms with E-state index in [2.05, 4.69) is 24.0 Å². The van der Waals surface area contributed by atoms with Crippen LogP contribution in [-0.2, 0) is 24.0 Å². The smallest absolute Gasteiger partial charge is 0.366 e. The molecule has 1 atom stereocenters. The van der Waals surface area contributed by atoms with Crippen molar-refractivity contribution in [2.24, 2.45) is 11.6 Å². The fourth-order valence-electron chi connectivity index (χ4n) is 2.61. The molecule has 9 heteroatoms. The molecule has 0 saturated heterocycles. The Kier molecular flexibility index (Phi) is 6.92. The molecule has 1 saturated carbocycles. The van der Waals surface area contributed by atoms with E-state index in [1.807, 2.05) is 0 Å². The second-order valence-corrected chi connectivity index (χ2v) is 5.56. The third kappa shape index (κ3) is 3.46. The van der Waals surface area contributed by atoms with Gasteiger partial charge in [0.2, 0.25) is 5.91 Å². The van der Waals surface area contributed by atoms with E-state index >= 15 is 0 Å². The van der Waals surface area contributed by atoms with Crippen molar-refractivity contribution in [1.82, 2.24) is 4.90 Å². The minimum absolute atomic E-state index is 0.0252. The van der Waals surface area contributed by atoms with Gasteiger partial charge in [-0.25, -0.2) is 4.79 Å². The molecular weight excluding hydrogens is 322 g/mol. The zero-order valence-electron chi connectivity index (χ0n) is 12.7. The summed E-state index contributed by atoms with van der Waals surface area (Å²) in [5, 5.41) is 0. The minimum Gasteiger partial charge on any atom is -0.371 e. The third-order valence-electron chi connectivity index (χ3n) is 3.76. The van der Waals surface area contributed by atoms with Crippen LogP contribution in [0.15, 0.2) is 12.7 Å². The number of rotatable bonds is 6. The van der Waals surface area contributed by atoms with Gasteiger partial charge in [0, 0.05) is 25.1 Å². The Labute approximate surface area is 139 Å². The Morgan fingerprint density at radius 1 is 1.35 bits per heavy atom. The lowest BCUT2D eigenvalue weighted by atomic mass is 9.85. The van der Waals surface area contributed by atoms with Gasteiger partial charge in [-0.2, -0.15) is 18.5 Å². The lowest BCUT2D eigenvalue weighted by Crippen LogP contribution is -2.69. The molecule has 0 radical (unpaired) electrons. The van der Waals surface area contributed by atoms with Crippen molar-refractivity contribution in [3.8, 4) is 0 Å². The Bertz CT molecular complexity index is 505. The van der Waals surface area contributed by atoms with Crippen LogP contribution in [0.25, 0.3) is 0 Å². The lowest BCUT2D eigenvalue weighted by molar-refractivity contribution is -0.172. The molecule has 1 aliphatic carbocycles. The first-order chi connectivity index (χ1) is 10.9. The first kappa shape index (κ1) is 19.3. The van der Waals surface area contributed by atoms with Crippen LogP contribution in [-0.4, -0.2) is 52.2 Å². The maximum atomic E-state index is 12.6. The van der Waals surface area contributed by atoms with Gasteiger partial charge in [-0.15, -0.1) is 6.58 Å². The highest BCUT2D eigenvalue weighted by Gasteiger charge is 2.59. The summed E-state index contributed by atoms with van der Waals surface area (Å²) < 4.78 is 0. The van der Waals surface area contributed by atoms with Crippen molar-refractivity contribution in [2.75, 3.05) is 12.3 Å². The second kappa shape index (κ2) is 8.23. The molecule has 1 fully saturated rings. The van der Waals surface area contributed by atoms with Crippen LogP contribution in [0.4, 0.5) is 0 Å². The van der Waals surface area contributed by atoms with Gasteiger partial charge in [0.15, 0.2) is 11.6 Å². The van der Waals surface area contributed by atoms with E-state index < -0.39 is 35.0 Å². The highest BCUT2D eigenvalue weighted by molar-refractivity contribution is 7.80. The maximum Gasteiger partial charge on any atom is 0.366 e. The summed E-state index contributed by atoms with van der Waals surface area (Å²) in [5.74, 6) is 1.42. The Morgan fingerprint density at radius 3 is 2.26 bits per heavy atom. The first-order valence-corrected chi connectivity index (χ1v) is 7.77. The zero-order chi connectivity index (χ0) is 17.6. The number of ketones is 2. The predicted molar refractivity (Wildman–Crippen MR) is 85.2 cm³/mol. The van der Waals surface area contributed by atoms with E-state index in [-0.39, 0.29) is 25.1 Å². The number of Topliss-reactive ketones (excluding diaryl/α,β-unsaturated/α-hetero) is 2. The summed E-state index contributed by atoms with van der Waals surface area (Å²) in [6, 6.07) is -1.09. The largest absolute Gasteiger partial charge is 0.371 e. The summed E-state index contributed by atoms with van der Waals surface area (Å²) in [6.07, 6.45) is 2.06. The minimum atomic E-state index is -2.41. The molecule has 0 heterocycles. The van der Waals surface area contributed by atoms with Gasteiger partial charge in [-0.1, -0.05) is 6.08 Å². The summed E-state index contributed by atoms with van der Waals surface area (Å²) in [6.45, 7) is 3.26. The van der Waals surface area contributed by atoms with Gasteiger partial charge in [0.25, 0.3) is 5.54 Å². The van der Waals surface area contributed by atoms with E-state index in [4.69, 9.17) is 11.6 Å². The zero-order valence-corrected chi connectivity index (χ0v) is 13.6. The average Bonchev–Trinajstić information content (AvgIpc) is 2.70. The van der Waals surface area contributed by atoms with Crippen LogP contribution in [0.1, 0.15) is 25.7 Å². The van der Waals surface area contributed by atoms with E-state index in [0.717, 1.165) is 4.90 Å². The Balaban J connectivity index is 3.53. The molecule has 1 amide bonds. The standard InChI is InChI=1S/C14H21N3O5S/c1-2-7-17(12(20)9(15)8-23)14(13(21)22-16)10(18)5-3-4-6-11(14)19/h2,9,23H,1,3-8,15-16H2/t9-/m0/s1. The molecule has 23 heavy (non-hydrogen) atoms. The highest BCUT2D eigenvalue weighted by Crippen LogP contribution is 2.29. The van der Waals surface area contributed by atoms with E-state index in [1.54, 1.807) is 0 Å². The number of amides is 1. The molecule has 0 unspecified atom stereocenters. The normalized spacial score (nSPS) is 18.7. The van der Waals surface area contributed by atoms with Gasteiger partial charge >= 0.3 is 5.97 Å². The Morgan fingerprint density at radius 2 is 1.87 bits per heavy atom. The van der Waals surface area contributed by atoms with Crippen molar-refractivity contribution < 1.29 is 24.0 Å². The Hall–Kier alpha value is -1.71. The molecule has 0 bridgehead atoms. The molecule has 8 nitrogen and oxygen atoms in total. The predicted octanol–water partition coefficient (Wildman–Crippen LogP) is -0.874. The van der Waals surface area contributed by atoms with Crippen LogP contribution in [0, 0.1) is 0 Å². The van der Waals surface area contributed by atoms with Gasteiger partial charge in [0.05, 0.1) is 6.04 Å². The first-order valence-electron chi connectivity index (χ1n) is 7.14. The summed E-state index contributed by atoms with van der Waals surface area (Å²) >= 11 is 3.94. The van der Waals surface area contributed by atoms with Crippen molar-refractivity contribution in [1.29, 1.82) is 0 Å². The molecule has 1 rings (SSSR count). The average molecular weight is 343 g/mol. The van der Waals surface area contributed by atoms with E-state index in [1.165, 1.54) is 6.08 Å². The highest BCUT2D eigenvalue weighted by atomic mass is 32.1. The number of hydrogen-bond acceptors (Lipinski definition) is 8. The number of nitrogens with two attached hydrogens (primary N) is 2. The number of carbonyl (C=O) groups excluding carboxylic acids is 4. The number of carbonyl (C=O) groups is 4. The van der Waals surface area contributed by atoms with Crippen molar-refractivity contribution >= 4 is 36.1 Å². The topological polar surface area (TPSA) is 133 Å².